The van der Waals surface area contributed by atoms with E-state index in [1.54, 1.807) is 0 Å². The predicted molar refractivity (Wildman–Crippen MR) is 8.14 cm³/mol. The van der Waals surface area contributed by atoms with Crippen LogP contribution in [0.25, 0.3) is 0 Å². The van der Waals surface area contributed by atoms with E-state index in [0.29, 0.717) is 0 Å². The van der Waals surface area contributed by atoms with Gasteiger partial charge >= 0.3 is 0 Å². The minimum Gasteiger partial charge on any atom is -0.197 e. The molecule has 2 radical (unpaired) electrons. The summed E-state index contributed by atoms with van der Waals surface area (Å²) in [5.74, 6) is 0. The second-order valence-corrected chi connectivity index (χ2v) is 0. The summed E-state index contributed by atoms with van der Waals surface area (Å²) >= 11 is 2.83. The normalized spacial score (nSPS) is 1.00. The summed E-state index contributed by atoms with van der Waals surface area (Å²) in [5, 5.41) is 0. The molecule has 0 aliphatic carbocycles. The van der Waals surface area contributed by atoms with Gasteiger partial charge in [-0.25, -0.2) is 0 Å². The molecule has 0 heterocycles. The second kappa shape index (κ2) is 21.9. The van der Waals surface area contributed by atoms with Crippen LogP contribution in [0.15, 0.2) is 0 Å². The first kappa shape index (κ1) is 17.2. The number of hydrogen-bond acceptors (Lipinski definition) is 2. The van der Waals surface area contributed by atoms with E-state index >= 15 is 0 Å². The number of rotatable bonds is 0. The average molecular weight is 251 g/mol. The molecule has 0 N–H and O–H groups in total. The predicted octanol–water partition coefficient (Wildman–Crippen LogP) is -0.339. The first-order valence-corrected chi connectivity index (χ1v) is 0.500. The van der Waals surface area contributed by atoms with Gasteiger partial charge in [0.05, 0.1) is 0 Å². The summed E-state index contributed by atoms with van der Waals surface area (Å²) in [6.07, 6.45) is 0. The third kappa shape index (κ3) is 9.28. The van der Waals surface area contributed by atoms with E-state index in [2.05, 4.69) is 12.5 Å². The third-order valence-corrected chi connectivity index (χ3v) is 0. The van der Waals surface area contributed by atoms with Gasteiger partial charge in [0.1, 0.15) is 0 Å². The average Bonchev–Trinajstić information content (AvgIpc) is 1.00. The van der Waals surface area contributed by atoms with Crippen molar-refractivity contribution in [1.29, 1.82) is 0 Å². The van der Waals surface area contributed by atoms with Gasteiger partial charge < -0.3 is 0 Å². The zero-order chi connectivity index (χ0) is 2.00. The van der Waals surface area contributed by atoms with Gasteiger partial charge in [-0.05, 0) is 0 Å². The fourth-order valence-electron chi connectivity index (χ4n) is 0. The molecule has 26 valence electrons. The fraction of sp³-hybridized carbons (Fsp3) is 0. The monoisotopic (exact) mass is 250 g/mol. The van der Waals surface area contributed by atoms with Crippen LogP contribution in [-0.4, -0.2) is 4.21 Å². The largest absolute Gasteiger partial charge is 0.197 e. The molecule has 0 spiro atoms. The van der Waals surface area contributed by atoms with Gasteiger partial charge in [0.2, 0.25) is 0 Å². The van der Waals surface area contributed by atoms with E-state index in [1.165, 1.54) is 0 Å². The van der Waals surface area contributed by atoms with Crippen molar-refractivity contribution >= 4 is 12.5 Å². The molecule has 4 heavy (non-hydrogen) atoms. The minimum atomic E-state index is 0. The van der Waals surface area contributed by atoms with Crippen LogP contribution in [-0.2, 0) is 29.6 Å². The van der Waals surface area contributed by atoms with Crippen LogP contribution in [0.5, 0.6) is 0 Å². The van der Waals surface area contributed by atoms with E-state index in [9.17, 15) is 0 Å². The quantitative estimate of drug-likeness (QED) is 0.547. The molecule has 0 unspecified atom stereocenters. The van der Waals surface area contributed by atoms with Gasteiger partial charge in [-0.15, -0.1) is 0 Å². The minimum absolute atomic E-state index is 0. The Balaban J connectivity index is -0.00000000500. The van der Waals surface area contributed by atoms with E-state index < -0.39 is 0 Å². The Kier molecular flexibility index (Phi) is 94.3. The van der Waals surface area contributed by atoms with Crippen molar-refractivity contribution in [2.75, 3.05) is 0 Å². The van der Waals surface area contributed by atoms with Crippen LogP contribution < -0.4 is 0 Å². The van der Waals surface area contributed by atoms with Gasteiger partial charge in [-0.3, -0.25) is 0 Å². The molecule has 0 saturated heterocycles. The van der Waals surface area contributed by atoms with Crippen molar-refractivity contribution in [1.82, 2.24) is 0 Å². The van der Waals surface area contributed by atoms with Crippen LogP contribution in [0.1, 0.15) is 0 Å². The molecule has 0 aliphatic rings. The zero-order valence-corrected chi connectivity index (χ0v) is 7.08. The Labute approximate surface area is 68.5 Å². The van der Waals surface area contributed by atoms with E-state index in [-0.39, 0.29) is 52.7 Å². The maximum atomic E-state index is 7.83. The molecule has 0 aliphatic heterocycles. The Bertz CT molecular complexity index is 8.00. The fourth-order valence-corrected chi connectivity index (χ4v) is 0. The topological polar surface area (TPSA) is 17.1 Å². The van der Waals surface area contributed by atoms with E-state index in [4.69, 9.17) is 4.21 Å². The van der Waals surface area contributed by atoms with Gasteiger partial charge in [0.15, 0.2) is 12.5 Å². The molecular formula is CuLaOS. The summed E-state index contributed by atoms with van der Waals surface area (Å²) in [6.45, 7) is 0. The Morgan fingerprint density at radius 3 is 1.25 bits per heavy atom. The van der Waals surface area contributed by atoms with Gasteiger partial charge in [-0.1, -0.05) is 0 Å². The molecule has 0 aromatic rings. The van der Waals surface area contributed by atoms with Gasteiger partial charge in [-0.2, -0.15) is 4.21 Å². The molecule has 0 fully saturated rings. The van der Waals surface area contributed by atoms with Crippen LogP contribution in [0.3, 0.4) is 0 Å². The molecule has 0 bridgehead atoms. The summed E-state index contributed by atoms with van der Waals surface area (Å²) in [4.78, 5) is 0. The molecule has 0 amide bonds. The van der Waals surface area contributed by atoms with Crippen molar-refractivity contribution in [2.45, 2.75) is 0 Å². The van der Waals surface area contributed by atoms with Crippen LogP contribution in [0, 0.1) is 35.6 Å². The first-order chi connectivity index (χ1) is 1.00. The summed E-state index contributed by atoms with van der Waals surface area (Å²) in [5.41, 5.74) is 0. The Morgan fingerprint density at radius 2 is 1.25 bits per heavy atom. The second-order valence-electron chi connectivity index (χ2n) is 0. The van der Waals surface area contributed by atoms with E-state index in [0.717, 1.165) is 0 Å². The molecule has 0 atom stereocenters. The van der Waals surface area contributed by atoms with Gasteiger partial charge in [0.25, 0.3) is 0 Å². The molecule has 1 nitrogen and oxygen atoms in total. The Morgan fingerprint density at radius 1 is 1.25 bits per heavy atom. The molecule has 4 heteroatoms. The maximum absolute atomic E-state index is 7.83. The molecule has 0 rings (SSSR count). The molecular weight excluding hydrogens is 251 g/mol. The summed E-state index contributed by atoms with van der Waals surface area (Å²) in [7, 11) is 0. The van der Waals surface area contributed by atoms with Crippen molar-refractivity contribution in [3.05, 3.63) is 0 Å². The molecule has 0 aromatic carbocycles. The molecule has 0 saturated carbocycles. The zero-order valence-electron chi connectivity index (χ0n) is 1.70. The van der Waals surface area contributed by atoms with Crippen LogP contribution in [0.4, 0.5) is 0 Å². The van der Waals surface area contributed by atoms with Crippen LogP contribution in [0.2, 0.25) is 0 Å². The van der Waals surface area contributed by atoms with Crippen molar-refractivity contribution < 1.29 is 56.9 Å². The third-order valence-electron chi connectivity index (χ3n) is 0. The van der Waals surface area contributed by atoms with Crippen LogP contribution >= 0.6 is 0 Å². The van der Waals surface area contributed by atoms with Crippen molar-refractivity contribution in [3.63, 3.8) is 0 Å². The standard InChI is InChI=1S/Cu.La.OS/c;;1-2. The van der Waals surface area contributed by atoms with Gasteiger partial charge in [0, 0.05) is 52.7 Å². The summed E-state index contributed by atoms with van der Waals surface area (Å²) in [6, 6.07) is 0. The van der Waals surface area contributed by atoms with Crippen molar-refractivity contribution in [2.24, 2.45) is 0 Å². The Hall–Kier alpha value is 1.73. The molecule has 0 aromatic heterocycles. The first-order valence-electron chi connectivity index (χ1n) is 0.167. The van der Waals surface area contributed by atoms with E-state index in [1.807, 2.05) is 0 Å². The maximum Gasteiger partial charge on any atom is 0.197 e. The number of hydrogen-bond donors (Lipinski definition) is 0. The van der Waals surface area contributed by atoms with Crippen molar-refractivity contribution in [3.8, 4) is 0 Å². The smallest absolute Gasteiger partial charge is 0.197 e. The summed E-state index contributed by atoms with van der Waals surface area (Å²) < 4.78 is 7.83. The SMILES string of the molecule is O=S.[Cu].[La].